The van der Waals surface area contributed by atoms with Crippen LogP contribution in [-0.4, -0.2) is 53.0 Å². The van der Waals surface area contributed by atoms with Gasteiger partial charge in [0.25, 0.3) is 0 Å². The molecule has 4 rings (SSSR count). The van der Waals surface area contributed by atoms with Crippen LogP contribution >= 0.6 is 0 Å². The molecule has 4 N–H and O–H groups in total. The monoisotopic (exact) mass is 422 g/mol. The van der Waals surface area contributed by atoms with Gasteiger partial charge in [-0.2, -0.15) is 0 Å². The van der Waals surface area contributed by atoms with Crippen molar-refractivity contribution >= 4 is 28.1 Å². The van der Waals surface area contributed by atoms with Crippen molar-refractivity contribution in [1.82, 2.24) is 20.6 Å². The molecule has 1 atom stereocenters. The van der Waals surface area contributed by atoms with Crippen molar-refractivity contribution in [3.05, 3.63) is 59.4 Å². The molecular weight excluding hydrogens is 395 g/mol. The smallest absolute Gasteiger partial charge is 0.190 e. The van der Waals surface area contributed by atoms with Gasteiger partial charge in [-0.1, -0.05) is 13.8 Å². The third-order valence-corrected chi connectivity index (χ3v) is 5.46. The first-order valence-electron chi connectivity index (χ1n) is 10.4. The highest BCUT2D eigenvalue weighted by atomic mass is 19.1. The lowest BCUT2D eigenvalue weighted by Crippen LogP contribution is -2.37. The summed E-state index contributed by atoms with van der Waals surface area (Å²) in [5.41, 5.74) is 2.03. The summed E-state index contributed by atoms with van der Waals surface area (Å²) >= 11 is 0. The fourth-order valence-electron chi connectivity index (χ4n) is 4.02. The number of allylic oxidation sites excluding steroid dienone is 4. The maximum absolute atomic E-state index is 14.4. The Morgan fingerprint density at radius 2 is 1.97 bits per heavy atom. The second kappa shape index (κ2) is 8.47. The van der Waals surface area contributed by atoms with Gasteiger partial charge in [0.15, 0.2) is 11.6 Å². The van der Waals surface area contributed by atoms with E-state index in [4.69, 9.17) is 10.4 Å². The number of aliphatic hydroxyl groups is 1. The molecule has 0 saturated carbocycles. The van der Waals surface area contributed by atoms with E-state index in [9.17, 15) is 9.50 Å². The van der Waals surface area contributed by atoms with Crippen molar-refractivity contribution in [2.45, 2.75) is 32.4 Å². The van der Waals surface area contributed by atoms with Crippen LogP contribution in [0.3, 0.4) is 0 Å². The molecule has 2 aromatic heterocycles. The largest absolute Gasteiger partial charge is 0.504 e. The van der Waals surface area contributed by atoms with Crippen molar-refractivity contribution < 1.29 is 9.50 Å². The lowest BCUT2D eigenvalue weighted by molar-refractivity contribution is 0.413. The molecule has 2 aliphatic rings. The molecule has 0 spiro atoms. The summed E-state index contributed by atoms with van der Waals surface area (Å²) in [6.45, 7) is 6.17. The number of anilines is 1. The number of hydrogen-bond donors (Lipinski definition) is 4. The van der Waals surface area contributed by atoms with E-state index < -0.39 is 11.6 Å². The number of fused-ring (bicyclic) bond motifs is 1. The van der Waals surface area contributed by atoms with Gasteiger partial charge in [-0.05, 0) is 36.8 Å². The quantitative estimate of drug-likeness (QED) is 0.589. The second-order valence-corrected chi connectivity index (χ2v) is 8.14. The van der Waals surface area contributed by atoms with Crippen molar-refractivity contribution in [3.8, 4) is 0 Å². The Morgan fingerprint density at radius 3 is 2.71 bits per heavy atom. The Kier molecular flexibility index (Phi) is 5.73. The lowest BCUT2D eigenvalue weighted by atomic mass is 9.95. The van der Waals surface area contributed by atoms with Crippen LogP contribution in [0, 0.1) is 5.41 Å². The SMILES string of the molecule is CN/C=C1/C=C(c2ccc3nc(N4CC[C@H](NC(C)C)C4)ccc3n2)C(O)=C(F)C1=N. The van der Waals surface area contributed by atoms with Crippen molar-refractivity contribution in [2.75, 3.05) is 25.0 Å². The van der Waals surface area contributed by atoms with Crippen molar-refractivity contribution in [3.63, 3.8) is 0 Å². The number of nitrogens with zero attached hydrogens (tertiary/aromatic N) is 3. The first kappa shape index (κ1) is 21.0. The minimum Gasteiger partial charge on any atom is -0.504 e. The summed E-state index contributed by atoms with van der Waals surface area (Å²) in [5.74, 6) is -0.628. The molecule has 31 heavy (non-hydrogen) atoms. The first-order chi connectivity index (χ1) is 14.9. The molecule has 0 radical (unpaired) electrons. The molecule has 2 aromatic rings. The molecule has 3 heterocycles. The highest BCUT2D eigenvalue weighted by Gasteiger charge is 2.26. The summed E-state index contributed by atoms with van der Waals surface area (Å²) in [4.78, 5) is 11.6. The summed E-state index contributed by atoms with van der Waals surface area (Å²) in [7, 11) is 1.67. The van der Waals surface area contributed by atoms with Gasteiger partial charge in [-0.15, -0.1) is 0 Å². The molecule has 8 heteroatoms. The molecule has 162 valence electrons. The first-order valence-corrected chi connectivity index (χ1v) is 10.4. The summed E-state index contributed by atoms with van der Waals surface area (Å²) in [6.07, 6.45) is 4.15. The molecule has 0 bridgehead atoms. The summed E-state index contributed by atoms with van der Waals surface area (Å²) in [6, 6.07) is 8.30. The highest BCUT2D eigenvalue weighted by Crippen LogP contribution is 2.32. The Balaban J connectivity index is 1.63. The van der Waals surface area contributed by atoms with Gasteiger partial charge in [0.1, 0.15) is 11.5 Å². The molecular formula is C23H27FN6O. The molecule has 1 fully saturated rings. The van der Waals surface area contributed by atoms with Gasteiger partial charge in [-0.3, -0.25) is 5.41 Å². The van der Waals surface area contributed by atoms with Crippen LogP contribution in [0.25, 0.3) is 16.6 Å². The fraction of sp³-hybridized carbons (Fsp3) is 0.348. The average Bonchev–Trinajstić information content (AvgIpc) is 3.21. The maximum Gasteiger partial charge on any atom is 0.190 e. The van der Waals surface area contributed by atoms with E-state index in [1.807, 2.05) is 18.2 Å². The number of halogens is 1. The lowest BCUT2D eigenvalue weighted by Gasteiger charge is -2.20. The molecule has 0 unspecified atom stereocenters. The number of nitrogens with one attached hydrogen (secondary N) is 3. The minimum absolute atomic E-state index is 0.239. The van der Waals surface area contributed by atoms with Gasteiger partial charge >= 0.3 is 0 Å². The Morgan fingerprint density at radius 1 is 1.23 bits per heavy atom. The van der Waals surface area contributed by atoms with Gasteiger partial charge in [0.05, 0.1) is 16.7 Å². The zero-order valence-corrected chi connectivity index (χ0v) is 17.9. The van der Waals surface area contributed by atoms with Crippen LogP contribution < -0.4 is 15.5 Å². The van der Waals surface area contributed by atoms with Crippen LogP contribution in [0.5, 0.6) is 0 Å². The number of aromatic nitrogens is 2. The fourth-order valence-corrected chi connectivity index (χ4v) is 4.02. The van der Waals surface area contributed by atoms with Crippen LogP contribution in [0.2, 0.25) is 0 Å². The van der Waals surface area contributed by atoms with Gasteiger partial charge < -0.3 is 20.6 Å². The number of pyridine rings is 2. The van der Waals surface area contributed by atoms with E-state index in [1.165, 1.54) is 6.20 Å². The number of hydrogen-bond acceptors (Lipinski definition) is 7. The maximum atomic E-state index is 14.4. The molecule has 1 aliphatic carbocycles. The molecule has 0 aromatic carbocycles. The van der Waals surface area contributed by atoms with Crippen LogP contribution in [0.4, 0.5) is 10.2 Å². The zero-order chi connectivity index (χ0) is 22.1. The molecule has 1 saturated heterocycles. The Hall–Kier alpha value is -3.26. The normalized spacial score (nSPS) is 20.9. The summed E-state index contributed by atoms with van der Waals surface area (Å²) in [5, 5.41) is 24.5. The molecule has 7 nitrogen and oxygen atoms in total. The van der Waals surface area contributed by atoms with E-state index in [0.29, 0.717) is 28.9 Å². The van der Waals surface area contributed by atoms with Gasteiger partial charge in [0, 0.05) is 49.6 Å². The predicted octanol–water partition coefficient (Wildman–Crippen LogP) is 3.47. The van der Waals surface area contributed by atoms with Crippen molar-refractivity contribution in [1.29, 1.82) is 5.41 Å². The standard InChI is InChI=1S/C23H27FN6O/c1-13(2)27-15-8-9-30(12-15)20-7-6-18-19(29-20)5-4-17(28-18)16-10-14(11-26-3)22(25)21(24)23(16)31/h4-7,10-11,13,15,25-27,31H,8-9,12H2,1-3H3/b14-11-,25-22?/t15-/m0/s1. The second-order valence-electron chi connectivity index (χ2n) is 8.14. The van der Waals surface area contributed by atoms with Crippen molar-refractivity contribution in [2.24, 2.45) is 0 Å². The summed E-state index contributed by atoms with van der Waals surface area (Å²) < 4.78 is 14.4. The van der Waals surface area contributed by atoms with E-state index in [2.05, 4.69) is 34.4 Å². The number of aliphatic hydroxyl groups excluding tert-OH is 1. The average molecular weight is 423 g/mol. The van der Waals surface area contributed by atoms with Crippen LogP contribution in [0.15, 0.2) is 53.7 Å². The van der Waals surface area contributed by atoms with E-state index in [0.717, 1.165) is 30.8 Å². The van der Waals surface area contributed by atoms with Gasteiger partial charge in [-0.25, -0.2) is 14.4 Å². The van der Waals surface area contributed by atoms with Gasteiger partial charge in [0.2, 0.25) is 0 Å². The molecule has 1 aliphatic heterocycles. The topological polar surface area (TPSA) is 97.2 Å². The van der Waals surface area contributed by atoms with E-state index >= 15 is 0 Å². The highest BCUT2D eigenvalue weighted by molar-refractivity contribution is 6.16. The minimum atomic E-state index is -0.965. The third kappa shape index (κ3) is 4.16. The zero-order valence-electron chi connectivity index (χ0n) is 17.9. The Labute approximate surface area is 180 Å². The van der Waals surface area contributed by atoms with Crippen LogP contribution in [0.1, 0.15) is 26.0 Å². The van der Waals surface area contributed by atoms with E-state index in [1.54, 1.807) is 19.2 Å². The predicted molar refractivity (Wildman–Crippen MR) is 122 cm³/mol. The van der Waals surface area contributed by atoms with E-state index in [-0.39, 0.29) is 11.3 Å². The van der Waals surface area contributed by atoms with Crippen LogP contribution in [-0.2, 0) is 0 Å². The third-order valence-electron chi connectivity index (χ3n) is 5.46. The molecule has 0 amide bonds. The Bertz CT molecular complexity index is 1120. The number of rotatable bonds is 5.